The number of ether oxygens (including phenoxy) is 2. The first-order valence-electron chi connectivity index (χ1n) is 9.47. The van der Waals surface area contributed by atoms with Crippen molar-refractivity contribution in [1.82, 2.24) is 5.32 Å². The lowest BCUT2D eigenvalue weighted by Crippen LogP contribution is -2.33. The number of nitrogens with zero attached hydrogens (tertiary/aromatic N) is 1. The molecule has 2 aromatic carbocycles. The van der Waals surface area contributed by atoms with Gasteiger partial charge in [-0.15, -0.1) is 0 Å². The summed E-state index contributed by atoms with van der Waals surface area (Å²) in [5.74, 6) is -0.0152. The fourth-order valence-electron chi connectivity index (χ4n) is 3.16. The molecule has 0 spiro atoms. The second kappa shape index (κ2) is 8.76. The molecule has 1 saturated heterocycles. The molecule has 0 atom stereocenters. The average Bonchev–Trinajstić information content (AvgIpc) is 2.88. The van der Waals surface area contributed by atoms with E-state index in [1.165, 1.54) is 18.2 Å². The highest BCUT2D eigenvalue weighted by Crippen LogP contribution is 2.39. The first kappa shape index (κ1) is 22.9. The van der Waals surface area contributed by atoms with Gasteiger partial charge in [-0.2, -0.15) is 0 Å². The zero-order valence-electron chi connectivity index (χ0n) is 17.3. The maximum Gasteiger partial charge on any atom is 0.251 e. The largest absolute Gasteiger partial charge is 0.497 e. The van der Waals surface area contributed by atoms with Crippen molar-refractivity contribution in [3.05, 3.63) is 53.1 Å². The Bertz CT molecular complexity index is 1100. The minimum Gasteiger partial charge on any atom is -0.497 e. The fraction of sp³-hybridized carbons (Fsp3) is 0.333. The molecule has 0 unspecified atom stereocenters. The summed E-state index contributed by atoms with van der Waals surface area (Å²) in [5.41, 5.74) is -0.921. The van der Waals surface area contributed by atoms with Crippen LogP contribution in [0.2, 0.25) is 5.02 Å². The molecular weight excluding hydrogens is 444 g/mol. The molecule has 1 aliphatic heterocycles. The van der Waals surface area contributed by atoms with Gasteiger partial charge in [0.25, 0.3) is 5.91 Å². The third-order valence-corrected chi connectivity index (χ3v) is 7.05. The van der Waals surface area contributed by atoms with E-state index < -0.39 is 27.3 Å². The van der Waals surface area contributed by atoms with Crippen LogP contribution in [0, 0.1) is 5.41 Å². The number of sulfonamides is 1. The molecule has 0 aromatic heterocycles. The van der Waals surface area contributed by atoms with Crippen molar-refractivity contribution in [3.8, 4) is 11.5 Å². The van der Waals surface area contributed by atoms with Gasteiger partial charge in [0.15, 0.2) is 0 Å². The summed E-state index contributed by atoms with van der Waals surface area (Å²) in [4.78, 5) is 25.1. The molecular formula is C21H23ClN2O6S. The van der Waals surface area contributed by atoms with Gasteiger partial charge in [0.2, 0.25) is 15.9 Å². The van der Waals surface area contributed by atoms with Gasteiger partial charge in [0.1, 0.15) is 18.1 Å². The SMILES string of the molecule is COc1ccc(OCCNC(=O)c2ccc(Cl)c(N3C(=O)C(C)(C)CS3(=O)=O)c2)cc1. The maximum atomic E-state index is 12.6. The summed E-state index contributed by atoms with van der Waals surface area (Å²) >= 11 is 6.16. The summed E-state index contributed by atoms with van der Waals surface area (Å²) < 4.78 is 36.4. The van der Waals surface area contributed by atoms with E-state index >= 15 is 0 Å². The van der Waals surface area contributed by atoms with E-state index in [1.54, 1.807) is 45.2 Å². The third-order valence-electron chi connectivity index (χ3n) is 4.73. The first-order chi connectivity index (χ1) is 14.5. The second-order valence-corrected chi connectivity index (χ2v) is 9.88. The normalized spacial score (nSPS) is 16.8. The summed E-state index contributed by atoms with van der Waals surface area (Å²) in [6, 6.07) is 11.2. The van der Waals surface area contributed by atoms with Crippen LogP contribution in [0.4, 0.5) is 5.69 Å². The van der Waals surface area contributed by atoms with Gasteiger partial charge >= 0.3 is 0 Å². The highest BCUT2D eigenvalue weighted by atomic mass is 35.5. The van der Waals surface area contributed by atoms with E-state index in [4.69, 9.17) is 21.1 Å². The molecule has 2 aromatic rings. The minimum absolute atomic E-state index is 0.0284. The molecule has 0 bridgehead atoms. The number of anilines is 1. The lowest BCUT2D eigenvalue weighted by Gasteiger charge is -2.19. The Kier molecular flexibility index (Phi) is 6.47. The van der Waals surface area contributed by atoms with Gasteiger partial charge in [0.05, 0.1) is 35.5 Å². The standard InChI is InChI=1S/C21H23ClN2O6S/c1-21(2)13-31(27,28)24(20(21)26)18-12-14(4-9-17(18)22)19(25)23-10-11-30-16-7-5-15(29-3)6-8-16/h4-9,12H,10-11,13H2,1-3H3,(H,23,25). The highest BCUT2D eigenvalue weighted by Gasteiger charge is 2.50. The zero-order chi connectivity index (χ0) is 22.8. The maximum absolute atomic E-state index is 12.6. The Morgan fingerprint density at radius 2 is 1.81 bits per heavy atom. The molecule has 1 N–H and O–H groups in total. The smallest absolute Gasteiger partial charge is 0.251 e. The van der Waals surface area contributed by atoms with Crippen molar-refractivity contribution in [2.45, 2.75) is 13.8 Å². The number of halogens is 1. The van der Waals surface area contributed by atoms with E-state index in [9.17, 15) is 18.0 Å². The number of carbonyl (C=O) groups excluding carboxylic acids is 2. The van der Waals surface area contributed by atoms with Crippen LogP contribution in [0.15, 0.2) is 42.5 Å². The molecule has 10 heteroatoms. The van der Waals surface area contributed by atoms with Crippen LogP contribution in [0.5, 0.6) is 11.5 Å². The lowest BCUT2D eigenvalue weighted by molar-refractivity contribution is -0.123. The van der Waals surface area contributed by atoms with Crippen LogP contribution in [-0.4, -0.2) is 46.2 Å². The van der Waals surface area contributed by atoms with Crippen molar-refractivity contribution >= 4 is 39.1 Å². The second-order valence-electron chi connectivity index (χ2n) is 7.66. The summed E-state index contributed by atoms with van der Waals surface area (Å²) in [6.07, 6.45) is 0. The highest BCUT2D eigenvalue weighted by molar-refractivity contribution is 7.94. The monoisotopic (exact) mass is 466 g/mol. The van der Waals surface area contributed by atoms with Crippen molar-refractivity contribution in [1.29, 1.82) is 0 Å². The van der Waals surface area contributed by atoms with Crippen molar-refractivity contribution in [2.24, 2.45) is 5.41 Å². The minimum atomic E-state index is -3.88. The van der Waals surface area contributed by atoms with Crippen molar-refractivity contribution in [2.75, 3.05) is 30.3 Å². The van der Waals surface area contributed by atoms with Crippen molar-refractivity contribution < 1.29 is 27.5 Å². The number of amides is 2. The summed E-state index contributed by atoms with van der Waals surface area (Å²) in [5, 5.41) is 2.76. The average molecular weight is 467 g/mol. The molecule has 8 nitrogen and oxygen atoms in total. The molecule has 1 fully saturated rings. The fourth-order valence-corrected chi connectivity index (χ4v) is 5.53. The van der Waals surface area contributed by atoms with Crippen LogP contribution in [-0.2, 0) is 14.8 Å². The number of nitrogens with one attached hydrogen (secondary N) is 1. The van der Waals surface area contributed by atoms with Crippen LogP contribution in [0.1, 0.15) is 24.2 Å². The molecule has 1 aliphatic rings. The van der Waals surface area contributed by atoms with E-state index in [0.29, 0.717) is 15.8 Å². The molecule has 3 rings (SSSR count). The van der Waals surface area contributed by atoms with Gasteiger partial charge in [0, 0.05) is 5.56 Å². The Hall–Kier alpha value is -2.78. The third kappa shape index (κ3) is 4.94. The Balaban J connectivity index is 1.67. The van der Waals surface area contributed by atoms with E-state index in [2.05, 4.69) is 5.32 Å². The van der Waals surface area contributed by atoms with Crippen molar-refractivity contribution in [3.63, 3.8) is 0 Å². The number of benzene rings is 2. The predicted molar refractivity (Wildman–Crippen MR) is 117 cm³/mol. The number of methoxy groups -OCH3 is 1. The predicted octanol–water partition coefficient (Wildman–Crippen LogP) is 2.86. The molecule has 0 saturated carbocycles. The zero-order valence-corrected chi connectivity index (χ0v) is 18.9. The first-order valence-corrected chi connectivity index (χ1v) is 11.5. The number of hydrogen-bond acceptors (Lipinski definition) is 6. The van der Waals surface area contributed by atoms with Crippen LogP contribution >= 0.6 is 11.6 Å². The Labute approximate surface area is 186 Å². The van der Waals surface area contributed by atoms with Gasteiger partial charge in [-0.1, -0.05) is 11.6 Å². The molecule has 166 valence electrons. The van der Waals surface area contributed by atoms with E-state index in [0.717, 1.165) is 0 Å². The van der Waals surface area contributed by atoms with Crippen LogP contribution < -0.4 is 19.1 Å². The lowest BCUT2D eigenvalue weighted by atomic mass is 9.95. The molecule has 1 heterocycles. The molecule has 2 amide bonds. The Morgan fingerprint density at radius 1 is 1.16 bits per heavy atom. The topological polar surface area (TPSA) is 102 Å². The van der Waals surface area contributed by atoms with Crippen LogP contribution in [0.25, 0.3) is 0 Å². The molecule has 0 radical (unpaired) electrons. The van der Waals surface area contributed by atoms with Crippen LogP contribution in [0.3, 0.4) is 0 Å². The number of carbonyl (C=O) groups is 2. The summed E-state index contributed by atoms with van der Waals surface area (Å²) in [6.45, 7) is 3.56. The molecule has 0 aliphatic carbocycles. The van der Waals surface area contributed by atoms with E-state index in [1.807, 2.05) is 0 Å². The van der Waals surface area contributed by atoms with Gasteiger partial charge < -0.3 is 14.8 Å². The van der Waals surface area contributed by atoms with Gasteiger partial charge in [-0.3, -0.25) is 9.59 Å². The van der Waals surface area contributed by atoms with Gasteiger partial charge in [-0.25, -0.2) is 12.7 Å². The molecule has 31 heavy (non-hydrogen) atoms. The summed E-state index contributed by atoms with van der Waals surface area (Å²) in [7, 11) is -2.31. The number of hydrogen-bond donors (Lipinski definition) is 1. The van der Waals surface area contributed by atoms with Gasteiger partial charge in [-0.05, 0) is 56.3 Å². The Morgan fingerprint density at radius 3 is 2.39 bits per heavy atom. The van der Waals surface area contributed by atoms with E-state index in [-0.39, 0.29) is 35.2 Å². The number of rotatable bonds is 7. The quantitative estimate of drug-likeness (QED) is 0.629.